The molecular weight excluding hydrogens is 607 g/mol. The fourth-order valence-electron chi connectivity index (χ4n) is 5.80. The van der Waals surface area contributed by atoms with Crippen molar-refractivity contribution >= 4 is 40.7 Å². The summed E-state index contributed by atoms with van der Waals surface area (Å²) in [5, 5.41) is 9.78. The second-order valence-corrected chi connectivity index (χ2v) is 12.3. The van der Waals surface area contributed by atoms with Crippen molar-refractivity contribution in [2.24, 2.45) is 0 Å². The van der Waals surface area contributed by atoms with Crippen LogP contribution in [0.3, 0.4) is 0 Å². The Balaban J connectivity index is 1.41. The van der Waals surface area contributed by atoms with Gasteiger partial charge < -0.3 is 30.5 Å². The molecule has 0 aliphatic carbocycles. The Bertz CT molecular complexity index is 1490. The number of pyridine rings is 1. The number of nitrogens with one attached hydrogen (secondary N) is 3. The molecule has 0 saturated carbocycles. The molecule has 1 fully saturated rings. The van der Waals surface area contributed by atoms with Crippen LogP contribution in [0.4, 0.5) is 29.3 Å². The van der Waals surface area contributed by atoms with Crippen LogP contribution in [0.1, 0.15) is 55.1 Å². The summed E-state index contributed by atoms with van der Waals surface area (Å²) in [6.07, 6.45) is 5.37. The van der Waals surface area contributed by atoms with E-state index in [9.17, 15) is 22.8 Å². The SMILES string of the molecule is CCN1CCCCNC(=O)c2ccc(c(OC)c2)NCCCc2nc3c(cccn3c2SC(F)(F)F)NC2CCN(CC2)C1=O. The van der Waals surface area contributed by atoms with Gasteiger partial charge >= 0.3 is 11.5 Å². The maximum Gasteiger partial charge on any atom is 0.447 e. The van der Waals surface area contributed by atoms with Crippen molar-refractivity contribution in [3.05, 3.63) is 47.8 Å². The van der Waals surface area contributed by atoms with E-state index >= 15 is 0 Å². The zero-order valence-corrected chi connectivity index (χ0v) is 26.4. The number of aryl methyl sites for hydroxylation is 1. The number of imidazole rings is 1. The van der Waals surface area contributed by atoms with E-state index in [1.165, 1.54) is 11.5 Å². The maximum atomic E-state index is 13.7. The van der Waals surface area contributed by atoms with Gasteiger partial charge in [0.2, 0.25) is 0 Å². The van der Waals surface area contributed by atoms with Crippen LogP contribution in [0.25, 0.3) is 5.65 Å². The molecule has 3 N–H and O–H groups in total. The molecule has 5 aliphatic rings. The molecule has 3 amide bonds. The molecule has 3 aromatic rings. The van der Waals surface area contributed by atoms with Crippen molar-refractivity contribution in [1.29, 1.82) is 0 Å². The van der Waals surface area contributed by atoms with E-state index in [1.807, 2.05) is 22.8 Å². The number of benzene rings is 1. The number of anilines is 2. The van der Waals surface area contributed by atoms with Gasteiger partial charge in [-0.1, -0.05) is 0 Å². The molecule has 1 saturated heterocycles. The number of aromatic nitrogens is 2. The number of alkyl halides is 3. The first-order valence-corrected chi connectivity index (χ1v) is 16.2. The molecule has 7 heterocycles. The Morgan fingerprint density at radius 3 is 2.53 bits per heavy atom. The Kier molecular flexibility index (Phi) is 10.5. The van der Waals surface area contributed by atoms with Crippen LogP contribution in [0.15, 0.2) is 41.6 Å². The van der Waals surface area contributed by atoms with Crippen molar-refractivity contribution in [2.75, 3.05) is 57.0 Å². The first kappa shape index (κ1) is 32.6. The van der Waals surface area contributed by atoms with Gasteiger partial charge in [0.05, 0.1) is 24.2 Å². The van der Waals surface area contributed by atoms with Crippen LogP contribution in [0.2, 0.25) is 0 Å². The summed E-state index contributed by atoms with van der Waals surface area (Å²) >= 11 is -0.152. The molecule has 45 heavy (non-hydrogen) atoms. The number of carbonyl (C=O) groups excluding carboxylic acids is 2. The molecule has 6 bridgehead atoms. The Morgan fingerprint density at radius 1 is 1.02 bits per heavy atom. The van der Waals surface area contributed by atoms with Gasteiger partial charge in [-0.2, -0.15) is 13.2 Å². The number of hydrogen-bond donors (Lipinski definition) is 3. The zero-order chi connectivity index (χ0) is 32.0. The lowest BCUT2D eigenvalue weighted by Gasteiger charge is -2.36. The lowest BCUT2D eigenvalue weighted by Crippen LogP contribution is -2.48. The Hall–Kier alpha value is -3.81. The van der Waals surface area contributed by atoms with Crippen LogP contribution in [0.5, 0.6) is 5.75 Å². The molecule has 244 valence electrons. The highest BCUT2D eigenvalue weighted by Gasteiger charge is 2.33. The third kappa shape index (κ3) is 8.08. The number of rotatable bonds is 3. The quantitative estimate of drug-likeness (QED) is 0.307. The largest absolute Gasteiger partial charge is 0.495 e. The molecule has 2 aromatic heterocycles. The van der Waals surface area contributed by atoms with Gasteiger partial charge in [-0.25, -0.2) is 9.78 Å². The fourth-order valence-corrected chi connectivity index (χ4v) is 6.53. The standard InChI is InChI=1S/C31H40F3N7O3S/c1-3-39-16-5-4-14-36-28(42)21-10-11-23(26(20-21)44-2)35-15-6-8-25-29(45-31(32,33)34)41-17-7-9-24(27(41)38-25)37-22-12-18-40(19-13-22)30(39)43/h7,9-11,17,20,22,35,37H,3-6,8,12-16,18-19H2,1-2H3,(H,36,42). The van der Waals surface area contributed by atoms with Crippen molar-refractivity contribution < 1.29 is 27.5 Å². The number of piperidine rings is 1. The zero-order valence-electron chi connectivity index (χ0n) is 25.6. The number of halogens is 3. The van der Waals surface area contributed by atoms with Crippen molar-refractivity contribution in [2.45, 2.75) is 62.0 Å². The predicted molar refractivity (Wildman–Crippen MR) is 169 cm³/mol. The molecule has 0 unspecified atom stereocenters. The van der Waals surface area contributed by atoms with Crippen LogP contribution in [-0.2, 0) is 6.42 Å². The van der Waals surface area contributed by atoms with E-state index in [-0.39, 0.29) is 34.8 Å². The summed E-state index contributed by atoms with van der Waals surface area (Å²) in [6.45, 7) is 5.25. The van der Waals surface area contributed by atoms with Crippen LogP contribution in [-0.4, -0.2) is 89.1 Å². The lowest BCUT2D eigenvalue weighted by atomic mass is 10.0. The number of carbonyl (C=O) groups is 2. The fraction of sp³-hybridized carbons (Fsp3) is 0.516. The predicted octanol–water partition coefficient (Wildman–Crippen LogP) is 5.84. The van der Waals surface area contributed by atoms with Gasteiger partial charge in [-0.15, -0.1) is 0 Å². The van der Waals surface area contributed by atoms with E-state index in [2.05, 4.69) is 16.0 Å². The summed E-state index contributed by atoms with van der Waals surface area (Å²) in [5.41, 5.74) is -1.84. The van der Waals surface area contributed by atoms with E-state index in [0.717, 1.165) is 12.8 Å². The second kappa shape index (κ2) is 14.5. The van der Waals surface area contributed by atoms with Gasteiger partial charge in [-0.3, -0.25) is 9.20 Å². The first-order chi connectivity index (χ1) is 21.7. The number of methoxy groups -OCH3 is 1. The van der Waals surface area contributed by atoms with Crippen molar-refractivity contribution in [1.82, 2.24) is 24.5 Å². The number of hydrogen-bond acceptors (Lipinski definition) is 7. The molecule has 0 atom stereocenters. The summed E-state index contributed by atoms with van der Waals surface area (Å²) in [7, 11) is 1.52. The van der Waals surface area contributed by atoms with Crippen LogP contribution >= 0.6 is 11.8 Å². The summed E-state index contributed by atoms with van der Waals surface area (Å²) in [4.78, 5) is 34.5. The minimum absolute atomic E-state index is 0.000110. The van der Waals surface area contributed by atoms with E-state index in [0.29, 0.717) is 99.0 Å². The Labute approximate surface area is 265 Å². The van der Waals surface area contributed by atoms with Crippen LogP contribution < -0.4 is 20.7 Å². The highest BCUT2D eigenvalue weighted by molar-refractivity contribution is 8.00. The van der Waals surface area contributed by atoms with Gasteiger partial charge in [-0.05, 0) is 75.8 Å². The van der Waals surface area contributed by atoms with Gasteiger partial charge in [0, 0.05) is 68.8 Å². The Morgan fingerprint density at radius 2 is 1.80 bits per heavy atom. The van der Waals surface area contributed by atoms with Crippen molar-refractivity contribution in [3.8, 4) is 5.75 Å². The molecule has 0 spiro atoms. The molecule has 5 aliphatic heterocycles. The third-order valence-corrected chi connectivity index (χ3v) is 9.03. The average Bonchev–Trinajstić information content (AvgIpc) is 3.37. The molecule has 1 aromatic carbocycles. The van der Waals surface area contributed by atoms with Crippen LogP contribution in [0, 0.1) is 0 Å². The monoisotopic (exact) mass is 647 g/mol. The highest BCUT2D eigenvalue weighted by Crippen LogP contribution is 2.40. The van der Waals surface area contributed by atoms with Gasteiger partial charge in [0.1, 0.15) is 10.8 Å². The summed E-state index contributed by atoms with van der Waals surface area (Å²) in [5.74, 6) is 0.276. The number of amides is 3. The normalized spacial score (nSPS) is 18.0. The third-order valence-electron chi connectivity index (χ3n) is 8.17. The molecule has 8 rings (SSSR count). The topological polar surface area (TPSA) is 103 Å². The van der Waals surface area contributed by atoms with Gasteiger partial charge in [0.25, 0.3) is 5.91 Å². The number of urea groups is 1. The molecular formula is C31H40F3N7O3S. The molecule has 10 nitrogen and oxygen atoms in total. The highest BCUT2D eigenvalue weighted by atomic mass is 32.2. The van der Waals surface area contributed by atoms with E-state index < -0.39 is 5.51 Å². The van der Waals surface area contributed by atoms with E-state index in [4.69, 9.17) is 9.72 Å². The summed E-state index contributed by atoms with van der Waals surface area (Å²) < 4.78 is 48.0. The van der Waals surface area contributed by atoms with Gasteiger partial charge in [0.15, 0.2) is 5.65 Å². The minimum Gasteiger partial charge on any atom is -0.495 e. The number of thioether (sulfide) groups is 1. The second-order valence-electron chi connectivity index (χ2n) is 11.2. The molecule has 14 heteroatoms. The lowest BCUT2D eigenvalue weighted by molar-refractivity contribution is -0.0330. The minimum atomic E-state index is -4.47. The van der Waals surface area contributed by atoms with Crippen molar-refractivity contribution in [3.63, 3.8) is 0 Å². The molecule has 0 radical (unpaired) electrons. The first-order valence-electron chi connectivity index (χ1n) is 15.4. The average molecular weight is 648 g/mol. The summed E-state index contributed by atoms with van der Waals surface area (Å²) in [6, 6.07) is 8.75. The van der Waals surface area contributed by atoms with E-state index in [1.54, 1.807) is 30.5 Å². The number of ether oxygens (including phenoxy) is 1. The smallest absolute Gasteiger partial charge is 0.447 e. The maximum absolute atomic E-state index is 13.7. The number of nitrogens with zero attached hydrogens (tertiary/aromatic N) is 4.